The molecule has 0 unspecified atom stereocenters. The van der Waals surface area contributed by atoms with Gasteiger partial charge in [-0.3, -0.25) is 0 Å². The summed E-state index contributed by atoms with van der Waals surface area (Å²) in [6.45, 7) is 6.75. The van der Waals surface area contributed by atoms with Crippen molar-refractivity contribution in [3.8, 4) is 0 Å². The molecule has 0 aliphatic carbocycles. The maximum atomic E-state index is 11.8. The van der Waals surface area contributed by atoms with Crippen LogP contribution in [-0.2, 0) is 15.4 Å². The first kappa shape index (κ1) is 16.9. The smallest absolute Gasteiger partial charge is 0.250 e. The van der Waals surface area contributed by atoms with Gasteiger partial charge in [-0.2, -0.15) is 0 Å². The minimum atomic E-state index is -3.37. The van der Waals surface area contributed by atoms with Gasteiger partial charge in [0, 0.05) is 18.0 Å². The maximum Gasteiger partial charge on any atom is 0.250 e. The first-order chi connectivity index (χ1) is 7.27. The molecule has 1 aromatic rings. The van der Waals surface area contributed by atoms with Crippen LogP contribution in [0.2, 0.25) is 0 Å². The minimum absolute atomic E-state index is 0. The highest BCUT2D eigenvalue weighted by Crippen LogP contribution is 2.31. The van der Waals surface area contributed by atoms with Crippen LogP contribution in [0, 0.1) is 0 Å². The normalized spacial score (nSPS) is 12.2. The van der Waals surface area contributed by atoms with Crippen LogP contribution in [0.15, 0.2) is 16.3 Å². The number of hydrogen-bond acceptors (Lipinski definition) is 4. The fourth-order valence-electron chi connectivity index (χ4n) is 1.13. The van der Waals surface area contributed by atoms with Gasteiger partial charge in [-0.05, 0) is 17.5 Å². The Kier molecular flexibility index (Phi) is 6.10. The van der Waals surface area contributed by atoms with Gasteiger partial charge in [0.2, 0.25) is 10.0 Å². The van der Waals surface area contributed by atoms with Gasteiger partial charge in [0.1, 0.15) is 4.21 Å². The Morgan fingerprint density at radius 2 is 1.94 bits per heavy atom. The van der Waals surface area contributed by atoms with E-state index in [2.05, 4.69) is 25.5 Å². The lowest BCUT2D eigenvalue weighted by Crippen LogP contribution is -2.28. The van der Waals surface area contributed by atoms with Crippen molar-refractivity contribution in [1.29, 1.82) is 0 Å². The highest BCUT2D eigenvalue weighted by atomic mass is 35.5. The molecule has 0 aromatic carbocycles. The largest absolute Gasteiger partial charge is 0.329 e. The Labute approximate surface area is 113 Å². The van der Waals surface area contributed by atoms with E-state index in [4.69, 9.17) is 5.73 Å². The highest BCUT2D eigenvalue weighted by molar-refractivity contribution is 7.91. The number of sulfonamides is 1. The molecule has 0 amide bonds. The van der Waals surface area contributed by atoms with Gasteiger partial charge >= 0.3 is 0 Å². The second kappa shape index (κ2) is 6.15. The fourth-order valence-corrected chi connectivity index (χ4v) is 3.59. The Bertz CT molecular complexity index is 449. The minimum Gasteiger partial charge on any atom is -0.329 e. The van der Waals surface area contributed by atoms with Gasteiger partial charge in [-0.15, -0.1) is 23.7 Å². The number of rotatable bonds is 4. The molecule has 0 fully saturated rings. The molecule has 0 spiro atoms. The van der Waals surface area contributed by atoms with Crippen LogP contribution in [0.3, 0.4) is 0 Å². The van der Waals surface area contributed by atoms with E-state index < -0.39 is 10.0 Å². The summed E-state index contributed by atoms with van der Waals surface area (Å²) in [5.41, 5.74) is 5.24. The summed E-state index contributed by atoms with van der Waals surface area (Å²) >= 11 is 1.31. The molecule has 0 saturated heterocycles. The van der Waals surface area contributed by atoms with Crippen LogP contribution in [0.1, 0.15) is 25.6 Å². The van der Waals surface area contributed by atoms with Crippen LogP contribution in [0.5, 0.6) is 0 Å². The quantitative estimate of drug-likeness (QED) is 0.889. The van der Waals surface area contributed by atoms with Crippen molar-refractivity contribution in [2.24, 2.45) is 5.73 Å². The predicted molar refractivity (Wildman–Crippen MR) is 74.5 cm³/mol. The molecule has 1 rings (SSSR count). The van der Waals surface area contributed by atoms with Crippen molar-refractivity contribution < 1.29 is 8.42 Å². The van der Waals surface area contributed by atoms with E-state index in [1.165, 1.54) is 11.3 Å². The van der Waals surface area contributed by atoms with Gasteiger partial charge in [-0.25, -0.2) is 13.1 Å². The molecule has 0 atom stereocenters. The second-order valence-electron chi connectivity index (χ2n) is 4.56. The summed E-state index contributed by atoms with van der Waals surface area (Å²) in [4.78, 5) is 1.06. The van der Waals surface area contributed by atoms with Crippen LogP contribution in [0.4, 0.5) is 0 Å². The van der Waals surface area contributed by atoms with E-state index in [0.717, 1.165) is 4.88 Å². The Hall–Kier alpha value is -0.140. The van der Waals surface area contributed by atoms with Crippen LogP contribution >= 0.6 is 23.7 Å². The van der Waals surface area contributed by atoms with Crippen LogP contribution in [0.25, 0.3) is 0 Å². The van der Waals surface area contributed by atoms with E-state index in [9.17, 15) is 8.42 Å². The molecular formula is C10H19ClN2O2S2. The van der Waals surface area contributed by atoms with Crippen molar-refractivity contribution in [1.82, 2.24) is 4.72 Å². The second-order valence-corrected chi connectivity index (χ2v) is 7.63. The standard InChI is InChI=1S/C10H18N2O2S2.ClH/c1-10(2,3)8-4-5-9(15-8)16(13,14)12-7-6-11;/h4-5,12H,6-7,11H2,1-3H3;1H. The number of nitrogens with two attached hydrogens (primary N) is 1. The highest BCUT2D eigenvalue weighted by Gasteiger charge is 2.21. The van der Waals surface area contributed by atoms with Crippen molar-refractivity contribution in [2.75, 3.05) is 13.1 Å². The molecule has 0 saturated carbocycles. The topological polar surface area (TPSA) is 72.2 Å². The van der Waals surface area contributed by atoms with Gasteiger partial charge < -0.3 is 5.73 Å². The van der Waals surface area contributed by atoms with Crippen molar-refractivity contribution in [2.45, 2.75) is 30.4 Å². The molecule has 0 aliphatic heterocycles. The summed E-state index contributed by atoms with van der Waals surface area (Å²) in [7, 11) is -3.37. The van der Waals surface area contributed by atoms with Crippen molar-refractivity contribution >= 4 is 33.8 Å². The zero-order chi connectivity index (χ0) is 12.4. The molecule has 4 nitrogen and oxygen atoms in total. The molecule has 7 heteroatoms. The molecule has 100 valence electrons. The lowest BCUT2D eigenvalue weighted by molar-refractivity contribution is 0.584. The number of hydrogen-bond donors (Lipinski definition) is 2. The van der Waals surface area contributed by atoms with E-state index in [1.54, 1.807) is 6.07 Å². The first-order valence-electron chi connectivity index (χ1n) is 5.07. The number of thiophene rings is 1. The summed E-state index contributed by atoms with van der Waals surface area (Å²) in [5, 5.41) is 0. The average Bonchev–Trinajstić information content (AvgIpc) is 2.63. The Morgan fingerprint density at radius 1 is 1.35 bits per heavy atom. The maximum absolute atomic E-state index is 11.8. The zero-order valence-electron chi connectivity index (χ0n) is 10.2. The lowest BCUT2D eigenvalue weighted by Gasteiger charge is -2.15. The third kappa shape index (κ3) is 4.56. The van der Waals surface area contributed by atoms with E-state index in [1.807, 2.05) is 6.07 Å². The summed E-state index contributed by atoms with van der Waals surface area (Å²) in [5.74, 6) is 0. The van der Waals surface area contributed by atoms with Crippen LogP contribution in [-0.4, -0.2) is 21.5 Å². The lowest BCUT2D eigenvalue weighted by atomic mass is 9.95. The number of halogens is 1. The first-order valence-corrected chi connectivity index (χ1v) is 7.37. The van der Waals surface area contributed by atoms with Gasteiger partial charge in [0.05, 0.1) is 0 Å². The van der Waals surface area contributed by atoms with Gasteiger partial charge in [0.25, 0.3) is 0 Å². The third-order valence-electron chi connectivity index (χ3n) is 2.02. The average molecular weight is 299 g/mol. The zero-order valence-corrected chi connectivity index (χ0v) is 12.6. The fraction of sp³-hybridized carbons (Fsp3) is 0.600. The van der Waals surface area contributed by atoms with Crippen LogP contribution < -0.4 is 10.5 Å². The van der Waals surface area contributed by atoms with Crippen molar-refractivity contribution in [3.05, 3.63) is 17.0 Å². The van der Waals surface area contributed by atoms with Gasteiger partial charge in [0.15, 0.2) is 0 Å². The summed E-state index contributed by atoms with van der Waals surface area (Å²) in [6.07, 6.45) is 0. The predicted octanol–water partition coefficient (Wildman–Crippen LogP) is 1.70. The van der Waals surface area contributed by atoms with E-state index in [-0.39, 0.29) is 24.4 Å². The molecule has 0 aliphatic rings. The molecule has 3 N–H and O–H groups in total. The molecule has 0 radical (unpaired) electrons. The molecular weight excluding hydrogens is 280 g/mol. The third-order valence-corrected chi connectivity index (χ3v) is 5.49. The molecule has 1 heterocycles. The monoisotopic (exact) mass is 298 g/mol. The van der Waals surface area contributed by atoms with E-state index in [0.29, 0.717) is 10.8 Å². The SMILES string of the molecule is CC(C)(C)c1ccc(S(=O)(=O)NCCN)s1.Cl. The molecule has 1 aromatic heterocycles. The summed E-state index contributed by atoms with van der Waals surface area (Å²) < 4.78 is 26.4. The summed E-state index contributed by atoms with van der Waals surface area (Å²) in [6, 6.07) is 3.51. The molecule has 17 heavy (non-hydrogen) atoms. The Balaban J connectivity index is 0.00000256. The van der Waals surface area contributed by atoms with E-state index >= 15 is 0 Å². The number of nitrogens with one attached hydrogen (secondary N) is 1. The van der Waals surface area contributed by atoms with Gasteiger partial charge in [-0.1, -0.05) is 20.8 Å². The molecule has 0 bridgehead atoms. The van der Waals surface area contributed by atoms with Crippen molar-refractivity contribution in [3.63, 3.8) is 0 Å². The Morgan fingerprint density at radius 3 is 2.35 bits per heavy atom.